The highest BCUT2D eigenvalue weighted by Gasteiger charge is 2.18. The van der Waals surface area contributed by atoms with Gasteiger partial charge in [0.15, 0.2) is 0 Å². The second-order valence-corrected chi connectivity index (χ2v) is 5.99. The molecule has 0 bridgehead atoms. The summed E-state index contributed by atoms with van der Waals surface area (Å²) in [7, 11) is 0. The van der Waals surface area contributed by atoms with E-state index < -0.39 is 5.91 Å². The number of carbonyl (C=O) groups excluding carboxylic acids is 1. The number of hydrogen-bond donors (Lipinski definition) is 2. The Hall–Kier alpha value is -2.96. The number of rotatable bonds is 3. The fourth-order valence-corrected chi connectivity index (χ4v) is 2.80. The lowest BCUT2D eigenvalue weighted by Gasteiger charge is -2.18. The van der Waals surface area contributed by atoms with Crippen molar-refractivity contribution >= 4 is 22.6 Å². The van der Waals surface area contributed by atoms with E-state index in [0.717, 1.165) is 12.0 Å². The van der Waals surface area contributed by atoms with E-state index >= 15 is 0 Å². The standard InChI is InChI=1S/C17H19N5O2/c1-4-10(3)22-14(18)11(15(19)23)7-12-16(22)20-13-6-5-9(2)8-21(13)17(12)24/h5-8,10,18H,4H2,1-3H3,(H2,19,23). The number of carbonyl (C=O) groups is 1. The van der Waals surface area contributed by atoms with Crippen molar-refractivity contribution in [2.75, 3.05) is 0 Å². The molecule has 0 saturated heterocycles. The van der Waals surface area contributed by atoms with Crippen LogP contribution in [0.5, 0.6) is 0 Å². The van der Waals surface area contributed by atoms with Crippen LogP contribution in [0.1, 0.15) is 42.2 Å². The molecule has 7 heteroatoms. The summed E-state index contributed by atoms with van der Waals surface area (Å²) in [6.45, 7) is 5.77. The Labute approximate surface area is 137 Å². The number of nitrogens with zero attached hydrogens (tertiary/aromatic N) is 3. The summed E-state index contributed by atoms with van der Waals surface area (Å²) in [4.78, 5) is 29.2. The van der Waals surface area contributed by atoms with Gasteiger partial charge in [-0.05, 0) is 38.0 Å². The highest BCUT2D eigenvalue weighted by molar-refractivity contribution is 5.95. The second-order valence-electron chi connectivity index (χ2n) is 5.99. The molecule has 0 spiro atoms. The summed E-state index contributed by atoms with van der Waals surface area (Å²) in [5, 5.41) is 8.60. The van der Waals surface area contributed by atoms with Crippen molar-refractivity contribution < 1.29 is 4.79 Å². The highest BCUT2D eigenvalue weighted by Crippen LogP contribution is 2.16. The van der Waals surface area contributed by atoms with Gasteiger partial charge in [0.25, 0.3) is 11.5 Å². The van der Waals surface area contributed by atoms with Gasteiger partial charge >= 0.3 is 0 Å². The van der Waals surface area contributed by atoms with E-state index in [4.69, 9.17) is 11.1 Å². The minimum Gasteiger partial charge on any atom is -0.365 e. The van der Waals surface area contributed by atoms with Crippen LogP contribution in [0.2, 0.25) is 0 Å². The molecule has 0 aliphatic rings. The molecule has 24 heavy (non-hydrogen) atoms. The lowest BCUT2D eigenvalue weighted by Crippen LogP contribution is -2.33. The number of aromatic nitrogens is 3. The van der Waals surface area contributed by atoms with Gasteiger partial charge in [-0.2, -0.15) is 0 Å². The van der Waals surface area contributed by atoms with Crippen LogP contribution in [0.15, 0.2) is 29.2 Å². The number of fused-ring (bicyclic) bond motifs is 2. The van der Waals surface area contributed by atoms with E-state index in [0.29, 0.717) is 11.3 Å². The molecule has 0 radical (unpaired) electrons. The van der Waals surface area contributed by atoms with Gasteiger partial charge in [0, 0.05) is 12.2 Å². The Morgan fingerprint density at radius 2 is 2.12 bits per heavy atom. The number of nitrogens with one attached hydrogen (secondary N) is 1. The topological polar surface area (TPSA) is 106 Å². The average molecular weight is 325 g/mol. The van der Waals surface area contributed by atoms with Gasteiger partial charge in [-0.15, -0.1) is 0 Å². The summed E-state index contributed by atoms with van der Waals surface area (Å²) in [5.41, 5.74) is 6.95. The fourth-order valence-electron chi connectivity index (χ4n) is 2.80. The second kappa shape index (κ2) is 5.59. The summed E-state index contributed by atoms with van der Waals surface area (Å²) >= 11 is 0. The third-order valence-electron chi connectivity index (χ3n) is 4.30. The fraction of sp³-hybridized carbons (Fsp3) is 0.294. The largest absolute Gasteiger partial charge is 0.365 e. The maximum absolute atomic E-state index is 12.9. The van der Waals surface area contributed by atoms with Crippen LogP contribution in [0.4, 0.5) is 0 Å². The number of hydrogen-bond acceptors (Lipinski definition) is 4. The van der Waals surface area contributed by atoms with Crippen LogP contribution in [-0.4, -0.2) is 19.9 Å². The molecule has 3 aromatic rings. The van der Waals surface area contributed by atoms with Gasteiger partial charge in [0.1, 0.15) is 16.8 Å². The first-order valence-electron chi connectivity index (χ1n) is 7.77. The zero-order valence-corrected chi connectivity index (χ0v) is 13.8. The molecule has 0 aliphatic heterocycles. The zero-order valence-electron chi connectivity index (χ0n) is 13.8. The maximum atomic E-state index is 12.9. The van der Waals surface area contributed by atoms with E-state index in [1.807, 2.05) is 26.8 Å². The molecule has 1 atom stereocenters. The van der Waals surface area contributed by atoms with E-state index in [1.165, 1.54) is 10.5 Å². The van der Waals surface area contributed by atoms with Gasteiger partial charge in [-0.1, -0.05) is 13.0 Å². The van der Waals surface area contributed by atoms with Gasteiger partial charge in [-0.25, -0.2) is 4.98 Å². The van der Waals surface area contributed by atoms with E-state index in [2.05, 4.69) is 4.98 Å². The molecule has 124 valence electrons. The Balaban J connectivity index is 2.60. The number of amides is 1. The Bertz CT molecular complexity index is 1090. The maximum Gasteiger partial charge on any atom is 0.267 e. The highest BCUT2D eigenvalue weighted by atomic mass is 16.1. The first kappa shape index (κ1) is 15.9. The summed E-state index contributed by atoms with van der Waals surface area (Å²) in [6.07, 6.45) is 2.43. The minimum absolute atomic E-state index is 0.0206. The normalized spacial score (nSPS) is 12.6. The van der Waals surface area contributed by atoms with Crippen LogP contribution >= 0.6 is 0 Å². The van der Waals surface area contributed by atoms with Crippen molar-refractivity contribution in [2.24, 2.45) is 5.73 Å². The van der Waals surface area contributed by atoms with Crippen molar-refractivity contribution in [1.82, 2.24) is 14.0 Å². The Morgan fingerprint density at radius 1 is 1.42 bits per heavy atom. The summed E-state index contributed by atoms with van der Waals surface area (Å²) < 4.78 is 3.06. The van der Waals surface area contributed by atoms with Crippen LogP contribution in [0.3, 0.4) is 0 Å². The molecule has 0 aromatic carbocycles. The van der Waals surface area contributed by atoms with Crippen molar-refractivity contribution in [3.05, 3.63) is 51.4 Å². The van der Waals surface area contributed by atoms with Gasteiger partial charge in [0.05, 0.1) is 10.9 Å². The van der Waals surface area contributed by atoms with Gasteiger partial charge in [0.2, 0.25) is 0 Å². The molecule has 0 aliphatic carbocycles. The van der Waals surface area contributed by atoms with E-state index in [1.54, 1.807) is 16.8 Å². The summed E-state index contributed by atoms with van der Waals surface area (Å²) in [6, 6.07) is 4.92. The van der Waals surface area contributed by atoms with E-state index in [9.17, 15) is 9.59 Å². The minimum atomic E-state index is -0.729. The SMILES string of the molecule is CCC(C)n1c(=N)c(C(N)=O)cc2c(=O)n3cc(C)ccc3nc21. The van der Waals surface area contributed by atoms with Crippen molar-refractivity contribution in [3.8, 4) is 0 Å². The molecule has 1 unspecified atom stereocenters. The van der Waals surface area contributed by atoms with Crippen molar-refractivity contribution in [3.63, 3.8) is 0 Å². The molecule has 7 nitrogen and oxygen atoms in total. The zero-order chi connectivity index (χ0) is 17.6. The van der Waals surface area contributed by atoms with Gasteiger partial charge in [-0.3, -0.25) is 19.4 Å². The monoisotopic (exact) mass is 325 g/mol. The molecule has 1 amide bonds. The first-order valence-corrected chi connectivity index (χ1v) is 7.77. The summed E-state index contributed by atoms with van der Waals surface area (Å²) in [5.74, 6) is -0.729. The number of primary amides is 1. The molecular formula is C17H19N5O2. The number of pyridine rings is 2. The predicted molar refractivity (Wildman–Crippen MR) is 91.1 cm³/mol. The van der Waals surface area contributed by atoms with Crippen LogP contribution in [0.25, 0.3) is 16.7 Å². The molecule has 3 N–H and O–H groups in total. The molecular weight excluding hydrogens is 306 g/mol. The molecule has 3 heterocycles. The molecule has 3 rings (SSSR count). The van der Waals surface area contributed by atoms with Crippen molar-refractivity contribution in [1.29, 1.82) is 5.41 Å². The Kier molecular flexibility index (Phi) is 3.71. The average Bonchev–Trinajstić information content (AvgIpc) is 2.54. The lowest BCUT2D eigenvalue weighted by molar-refractivity contribution is 0.0998. The third-order valence-corrected chi connectivity index (χ3v) is 4.30. The number of nitrogens with two attached hydrogens (primary N) is 1. The van der Waals surface area contributed by atoms with E-state index in [-0.39, 0.29) is 28.0 Å². The van der Waals surface area contributed by atoms with Crippen LogP contribution in [0, 0.1) is 12.3 Å². The first-order chi connectivity index (χ1) is 11.3. The predicted octanol–water partition coefficient (Wildman–Crippen LogP) is 1.51. The van der Waals surface area contributed by atoms with Gasteiger partial charge < -0.3 is 10.3 Å². The Morgan fingerprint density at radius 3 is 2.75 bits per heavy atom. The third kappa shape index (κ3) is 2.29. The molecule has 0 saturated carbocycles. The molecule has 0 fully saturated rings. The quantitative estimate of drug-likeness (QED) is 0.713. The smallest absolute Gasteiger partial charge is 0.267 e. The van der Waals surface area contributed by atoms with Crippen molar-refractivity contribution in [2.45, 2.75) is 33.2 Å². The molecule has 3 aromatic heterocycles. The lowest BCUT2D eigenvalue weighted by atomic mass is 10.1. The van der Waals surface area contributed by atoms with Crippen LogP contribution < -0.4 is 16.8 Å². The number of aryl methyl sites for hydroxylation is 1. The van der Waals surface area contributed by atoms with Crippen LogP contribution in [-0.2, 0) is 0 Å².